The zero-order valence-electron chi connectivity index (χ0n) is 13.5. The molecule has 4 heteroatoms. The Balaban J connectivity index is 1.67. The van der Waals surface area contributed by atoms with Crippen molar-refractivity contribution in [2.24, 2.45) is 0 Å². The zero-order valence-corrected chi connectivity index (χ0v) is 13.5. The van der Waals surface area contributed by atoms with Crippen LogP contribution in [0.4, 0.5) is 0 Å². The number of hydrogen-bond acceptors (Lipinski definition) is 4. The van der Waals surface area contributed by atoms with Gasteiger partial charge in [0.15, 0.2) is 11.5 Å². The van der Waals surface area contributed by atoms with Gasteiger partial charge in [0.25, 0.3) is 0 Å². The molecule has 2 aromatic rings. The number of methoxy groups -OCH3 is 2. The Morgan fingerprint density at radius 3 is 2.52 bits per heavy atom. The van der Waals surface area contributed by atoms with Crippen molar-refractivity contribution in [1.29, 1.82) is 0 Å². The first-order chi connectivity index (χ1) is 11.3. The van der Waals surface area contributed by atoms with Crippen LogP contribution in [0.15, 0.2) is 42.5 Å². The van der Waals surface area contributed by atoms with Gasteiger partial charge in [-0.25, -0.2) is 0 Å². The minimum Gasteiger partial charge on any atom is -0.493 e. The van der Waals surface area contributed by atoms with Gasteiger partial charge >= 0.3 is 0 Å². The molecule has 1 saturated heterocycles. The van der Waals surface area contributed by atoms with Gasteiger partial charge in [0.2, 0.25) is 0 Å². The van der Waals surface area contributed by atoms with Gasteiger partial charge in [0.05, 0.1) is 20.3 Å². The van der Waals surface area contributed by atoms with E-state index in [1.807, 2.05) is 6.07 Å². The van der Waals surface area contributed by atoms with Crippen molar-refractivity contribution in [2.45, 2.75) is 18.8 Å². The number of nitrogens with zero attached hydrogens (tertiary/aromatic N) is 1. The van der Waals surface area contributed by atoms with Crippen LogP contribution in [0.3, 0.4) is 0 Å². The topological polar surface area (TPSA) is 30.9 Å². The Hall–Kier alpha value is -2.04. The van der Waals surface area contributed by atoms with Gasteiger partial charge in [0.1, 0.15) is 6.23 Å². The molecule has 0 aromatic heterocycles. The highest BCUT2D eigenvalue weighted by molar-refractivity contribution is 5.49. The number of rotatable bonds is 3. The van der Waals surface area contributed by atoms with E-state index in [-0.39, 0.29) is 12.3 Å². The molecule has 1 fully saturated rings. The van der Waals surface area contributed by atoms with E-state index in [1.165, 1.54) is 16.7 Å². The largest absolute Gasteiger partial charge is 0.493 e. The molecule has 0 bridgehead atoms. The lowest BCUT2D eigenvalue weighted by Crippen LogP contribution is -2.31. The van der Waals surface area contributed by atoms with Crippen molar-refractivity contribution in [3.8, 4) is 11.5 Å². The van der Waals surface area contributed by atoms with Crippen LogP contribution in [0, 0.1) is 0 Å². The lowest BCUT2D eigenvalue weighted by molar-refractivity contribution is -0.00779. The van der Waals surface area contributed by atoms with Crippen LogP contribution in [0.2, 0.25) is 0 Å². The zero-order chi connectivity index (χ0) is 15.8. The minimum atomic E-state index is 0.00348. The number of fused-ring (bicyclic) bond motifs is 3. The molecule has 23 heavy (non-hydrogen) atoms. The molecular formula is C19H21NO3. The summed E-state index contributed by atoms with van der Waals surface area (Å²) in [7, 11) is 3.35. The Labute approximate surface area is 136 Å². The number of benzene rings is 2. The van der Waals surface area contributed by atoms with E-state index < -0.39 is 0 Å². The summed E-state index contributed by atoms with van der Waals surface area (Å²) >= 11 is 0. The summed E-state index contributed by atoms with van der Waals surface area (Å²) in [5.74, 6) is 1.55. The van der Waals surface area contributed by atoms with E-state index in [4.69, 9.17) is 14.2 Å². The number of ether oxygens (including phenoxy) is 3. The first kappa shape index (κ1) is 14.5. The fourth-order valence-electron chi connectivity index (χ4n) is 3.57. The van der Waals surface area contributed by atoms with Crippen molar-refractivity contribution in [1.82, 2.24) is 4.90 Å². The molecule has 2 aliphatic heterocycles. The highest BCUT2D eigenvalue weighted by atomic mass is 16.5. The Morgan fingerprint density at radius 2 is 1.78 bits per heavy atom. The smallest absolute Gasteiger partial charge is 0.161 e. The lowest BCUT2D eigenvalue weighted by Gasteiger charge is -2.30. The fourth-order valence-corrected chi connectivity index (χ4v) is 3.57. The fraction of sp³-hybridized carbons (Fsp3) is 0.368. The van der Waals surface area contributed by atoms with Gasteiger partial charge < -0.3 is 14.2 Å². The van der Waals surface area contributed by atoms with Crippen LogP contribution in [0.25, 0.3) is 0 Å². The predicted octanol–water partition coefficient (Wildman–Crippen LogP) is 3.33. The van der Waals surface area contributed by atoms with E-state index in [0.717, 1.165) is 31.0 Å². The van der Waals surface area contributed by atoms with Gasteiger partial charge in [-0.05, 0) is 29.7 Å². The molecule has 2 heterocycles. The molecule has 2 aliphatic rings. The standard InChI is InChI=1S/C19H21NO3/c1-21-16-10-14-8-9-20-12-18(13-6-4-3-5-7-13)23-19(20)15(14)11-17(16)22-2/h3-7,10-11,18-19H,8-9,12H2,1-2H3/t18-,19-/m0/s1. The summed E-state index contributed by atoms with van der Waals surface area (Å²) in [5, 5.41) is 0. The third kappa shape index (κ3) is 2.48. The van der Waals surface area contributed by atoms with Crippen molar-refractivity contribution in [3.63, 3.8) is 0 Å². The van der Waals surface area contributed by atoms with Gasteiger partial charge in [0, 0.05) is 18.7 Å². The summed E-state index contributed by atoms with van der Waals surface area (Å²) < 4.78 is 17.3. The maximum Gasteiger partial charge on any atom is 0.161 e. The van der Waals surface area contributed by atoms with Gasteiger partial charge in [-0.15, -0.1) is 0 Å². The first-order valence-electron chi connectivity index (χ1n) is 7.99. The van der Waals surface area contributed by atoms with Crippen LogP contribution in [0.1, 0.15) is 29.0 Å². The van der Waals surface area contributed by atoms with Crippen LogP contribution in [-0.4, -0.2) is 32.2 Å². The second-order valence-corrected chi connectivity index (χ2v) is 6.04. The van der Waals surface area contributed by atoms with E-state index in [2.05, 4.69) is 41.3 Å². The summed E-state index contributed by atoms with van der Waals surface area (Å²) in [5.41, 5.74) is 3.73. The van der Waals surface area contributed by atoms with Gasteiger partial charge in [-0.2, -0.15) is 0 Å². The third-order valence-electron chi connectivity index (χ3n) is 4.78. The maximum absolute atomic E-state index is 6.38. The summed E-state index contributed by atoms with van der Waals surface area (Å²) in [6.45, 7) is 1.94. The molecule has 0 amide bonds. The maximum atomic E-state index is 6.38. The SMILES string of the molecule is COc1cc2c(cc1OC)[C@@H]1O[C@H](c3ccccc3)CN1CC2. The monoisotopic (exact) mass is 311 g/mol. The predicted molar refractivity (Wildman–Crippen MR) is 87.8 cm³/mol. The molecule has 2 aromatic carbocycles. The van der Waals surface area contributed by atoms with E-state index >= 15 is 0 Å². The Bertz CT molecular complexity index is 701. The first-order valence-corrected chi connectivity index (χ1v) is 7.99. The lowest BCUT2D eigenvalue weighted by atomic mass is 9.97. The summed E-state index contributed by atoms with van der Waals surface area (Å²) in [4.78, 5) is 2.41. The third-order valence-corrected chi connectivity index (χ3v) is 4.78. The molecule has 4 nitrogen and oxygen atoms in total. The van der Waals surface area contributed by atoms with Crippen molar-refractivity contribution < 1.29 is 14.2 Å². The average molecular weight is 311 g/mol. The summed E-state index contributed by atoms with van der Waals surface area (Å²) in [6.07, 6.45) is 1.14. The Kier molecular flexibility index (Phi) is 3.71. The van der Waals surface area contributed by atoms with Crippen molar-refractivity contribution in [2.75, 3.05) is 27.3 Å². The molecule has 0 aliphatic carbocycles. The van der Waals surface area contributed by atoms with Crippen molar-refractivity contribution >= 4 is 0 Å². The summed E-state index contributed by atoms with van der Waals surface area (Å²) in [6, 6.07) is 14.6. The highest BCUT2D eigenvalue weighted by Gasteiger charge is 2.38. The van der Waals surface area contributed by atoms with Crippen LogP contribution in [-0.2, 0) is 11.2 Å². The minimum absolute atomic E-state index is 0.00348. The molecule has 0 N–H and O–H groups in total. The number of hydrogen-bond donors (Lipinski definition) is 0. The quantitative estimate of drug-likeness (QED) is 0.870. The molecule has 0 radical (unpaired) electrons. The molecule has 120 valence electrons. The molecule has 0 unspecified atom stereocenters. The van der Waals surface area contributed by atoms with E-state index in [9.17, 15) is 0 Å². The van der Waals surface area contributed by atoms with Crippen LogP contribution >= 0.6 is 0 Å². The molecule has 2 atom stereocenters. The van der Waals surface area contributed by atoms with Crippen LogP contribution in [0.5, 0.6) is 11.5 Å². The normalized spacial score (nSPS) is 23.2. The van der Waals surface area contributed by atoms with Crippen molar-refractivity contribution in [3.05, 3.63) is 59.2 Å². The average Bonchev–Trinajstić information content (AvgIpc) is 3.06. The molecule has 4 rings (SSSR count). The molecule has 0 spiro atoms. The second kappa shape index (κ2) is 5.87. The van der Waals surface area contributed by atoms with E-state index in [0.29, 0.717) is 0 Å². The van der Waals surface area contributed by atoms with Crippen LogP contribution < -0.4 is 9.47 Å². The van der Waals surface area contributed by atoms with Gasteiger partial charge in [-0.3, -0.25) is 4.90 Å². The van der Waals surface area contributed by atoms with Gasteiger partial charge in [-0.1, -0.05) is 30.3 Å². The highest BCUT2D eigenvalue weighted by Crippen LogP contribution is 2.44. The second-order valence-electron chi connectivity index (χ2n) is 6.04. The molecule has 0 saturated carbocycles. The molecular weight excluding hydrogens is 290 g/mol. The van der Waals surface area contributed by atoms with E-state index in [1.54, 1.807) is 14.2 Å². The Morgan fingerprint density at radius 1 is 1.04 bits per heavy atom.